The van der Waals surface area contributed by atoms with Gasteiger partial charge in [-0.25, -0.2) is 4.98 Å². The van der Waals surface area contributed by atoms with E-state index in [0.717, 1.165) is 36.1 Å². The second-order valence-electron chi connectivity index (χ2n) is 10.2. The van der Waals surface area contributed by atoms with Gasteiger partial charge in [-0.2, -0.15) is 0 Å². The summed E-state index contributed by atoms with van der Waals surface area (Å²) in [6.45, 7) is 8.45. The minimum absolute atomic E-state index is 0.205. The molecule has 2 heterocycles. The number of anilines is 1. The monoisotopic (exact) mass is 546 g/mol. The van der Waals surface area contributed by atoms with Gasteiger partial charge in [0.05, 0.1) is 23.8 Å². The molecule has 0 saturated carbocycles. The van der Waals surface area contributed by atoms with Crippen LogP contribution in [0.4, 0.5) is 5.69 Å². The number of nitrogens with one attached hydrogen (secondary N) is 2. The first-order chi connectivity index (χ1) is 18.8. The second kappa shape index (κ2) is 12.9. The van der Waals surface area contributed by atoms with Crippen LogP contribution in [0.2, 0.25) is 0 Å². The van der Waals surface area contributed by atoms with Gasteiger partial charge >= 0.3 is 0 Å². The fraction of sp³-hybridized carbons (Fsp3) is 0.387. The summed E-state index contributed by atoms with van der Waals surface area (Å²) in [5, 5.41) is 7.96. The van der Waals surface area contributed by atoms with Crippen molar-refractivity contribution in [2.24, 2.45) is 5.92 Å². The van der Waals surface area contributed by atoms with Gasteiger partial charge in [0, 0.05) is 22.9 Å². The molecule has 7 nitrogen and oxygen atoms in total. The zero-order valence-corrected chi connectivity index (χ0v) is 24.2. The van der Waals surface area contributed by atoms with Crippen LogP contribution in [0.1, 0.15) is 74.1 Å². The Morgan fingerprint density at radius 1 is 1.05 bits per heavy atom. The normalized spacial score (nSPS) is 12.2. The van der Waals surface area contributed by atoms with Crippen LogP contribution in [-0.2, 0) is 11.2 Å². The molecule has 0 aliphatic heterocycles. The van der Waals surface area contributed by atoms with E-state index in [-0.39, 0.29) is 17.7 Å². The molecule has 2 aromatic carbocycles. The van der Waals surface area contributed by atoms with Crippen LogP contribution in [0.15, 0.2) is 60.0 Å². The minimum Gasteiger partial charge on any atom is -0.495 e. The molecule has 2 aromatic heterocycles. The van der Waals surface area contributed by atoms with Crippen LogP contribution < -0.4 is 15.4 Å². The predicted octanol–water partition coefficient (Wildman–Crippen LogP) is 6.84. The maximum atomic E-state index is 13.4. The molecule has 0 spiro atoms. The van der Waals surface area contributed by atoms with Crippen LogP contribution in [-0.4, -0.2) is 34.5 Å². The van der Waals surface area contributed by atoms with E-state index in [2.05, 4.69) is 46.6 Å². The van der Waals surface area contributed by atoms with Crippen molar-refractivity contribution in [3.05, 3.63) is 76.2 Å². The van der Waals surface area contributed by atoms with E-state index in [4.69, 9.17) is 9.72 Å². The molecule has 0 bridgehead atoms. The summed E-state index contributed by atoms with van der Waals surface area (Å²) in [6.07, 6.45) is 3.26. The molecule has 2 N–H and O–H groups in total. The molecule has 4 rings (SSSR count). The Morgan fingerprint density at radius 3 is 2.49 bits per heavy atom. The molecule has 0 saturated heterocycles. The topological polar surface area (TPSA) is 85.2 Å². The Kier molecular flexibility index (Phi) is 9.41. The second-order valence-corrected chi connectivity index (χ2v) is 11.2. The molecule has 0 fully saturated rings. The molecule has 0 aliphatic carbocycles. The molecule has 206 valence electrons. The lowest BCUT2D eigenvalue weighted by atomic mass is 10.0. The first-order valence-electron chi connectivity index (χ1n) is 13.6. The number of thiophene rings is 1. The average Bonchev–Trinajstić information content (AvgIpc) is 3.57. The van der Waals surface area contributed by atoms with E-state index in [0.29, 0.717) is 29.5 Å². The van der Waals surface area contributed by atoms with Crippen molar-refractivity contribution in [2.75, 3.05) is 12.4 Å². The van der Waals surface area contributed by atoms with Gasteiger partial charge in [0.15, 0.2) is 0 Å². The standard InChI is InChI=1S/C31H38N4O3S/c1-6-22(7-2)35-27-15-14-21(18-25(27)32-29(35)19-23-11-10-16-39-23)30(36)34-26(17-20(3)4)31(37)33-24-12-8-9-13-28(24)38-5/h8-16,18,20,22,26H,6-7,17,19H2,1-5H3,(H,33,37)(H,34,36)/t26-/m0/s1. The van der Waals surface area contributed by atoms with Crippen molar-refractivity contribution in [2.45, 2.75) is 65.5 Å². The van der Waals surface area contributed by atoms with Gasteiger partial charge in [-0.15, -0.1) is 11.3 Å². The van der Waals surface area contributed by atoms with Gasteiger partial charge in [-0.3, -0.25) is 9.59 Å². The summed E-state index contributed by atoms with van der Waals surface area (Å²) in [5.41, 5.74) is 2.87. The number of para-hydroxylation sites is 2. The number of amides is 2. The summed E-state index contributed by atoms with van der Waals surface area (Å²) in [5.74, 6) is 1.20. The molecular formula is C31H38N4O3S. The van der Waals surface area contributed by atoms with Crippen molar-refractivity contribution in [1.29, 1.82) is 0 Å². The van der Waals surface area contributed by atoms with E-state index in [9.17, 15) is 9.59 Å². The smallest absolute Gasteiger partial charge is 0.252 e. The number of nitrogens with zero attached hydrogens (tertiary/aromatic N) is 2. The van der Waals surface area contributed by atoms with E-state index in [1.807, 2.05) is 44.2 Å². The SMILES string of the molecule is CCC(CC)n1c(Cc2cccs2)nc2cc(C(=O)N[C@@H](CC(C)C)C(=O)Nc3ccccc3OC)ccc21. The van der Waals surface area contributed by atoms with Gasteiger partial charge in [-0.05, 0) is 67.0 Å². The van der Waals surface area contributed by atoms with Gasteiger partial charge in [-0.1, -0.05) is 45.9 Å². The number of hydrogen-bond donors (Lipinski definition) is 2. The van der Waals surface area contributed by atoms with Crippen LogP contribution >= 0.6 is 11.3 Å². The highest BCUT2D eigenvalue weighted by molar-refractivity contribution is 7.09. The van der Waals surface area contributed by atoms with Crippen LogP contribution in [0.5, 0.6) is 5.75 Å². The lowest BCUT2D eigenvalue weighted by molar-refractivity contribution is -0.118. The quantitative estimate of drug-likeness (QED) is 0.204. The fourth-order valence-corrected chi connectivity index (χ4v) is 5.66. The molecule has 2 amide bonds. The minimum atomic E-state index is -0.699. The zero-order chi connectivity index (χ0) is 27.9. The van der Waals surface area contributed by atoms with E-state index >= 15 is 0 Å². The molecule has 4 aromatic rings. The maximum absolute atomic E-state index is 13.4. The van der Waals surface area contributed by atoms with Gasteiger partial charge in [0.2, 0.25) is 5.91 Å². The third-order valence-corrected chi connectivity index (χ3v) is 7.81. The number of aromatic nitrogens is 2. The molecule has 1 atom stereocenters. The predicted molar refractivity (Wildman–Crippen MR) is 159 cm³/mol. The number of carbonyl (C=O) groups is 2. The number of ether oxygens (including phenoxy) is 1. The lowest BCUT2D eigenvalue weighted by Crippen LogP contribution is -2.44. The van der Waals surface area contributed by atoms with Crippen LogP contribution in [0, 0.1) is 5.92 Å². The highest BCUT2D eigenvalue weighted by Gasteiger charge is 2.25. The Bertz CT molecular complexity index is 1410. The number of benzene rings is 2. The Morgan fingerprint density at radius 2 is 1.82 bits per heavy atom. The van der Waals surface area contributed by atoms with Crippen LogP contribution in [0.25, 0.3) is 11.0 Å². The first kappa shape index (κ1) is 28.4. The summed E-state index contributed by atoms with van der Waals surface area (Å²) in [6, 6.07) is 16.7. The first-order valence-corrected chi connectivity index (χ1v) is 14.5. The summed E-state index contributed by atoms with van der Waals surface area (Å²) in [7, 11) is 1.56. The van der Waals surface area contributed by atoms with Crippen molar-refractivity contribution in [3.63, 3.8) is 0 Å². The Balaban J connectivity index is 1.60. The fourth-order valence-electron chi connectivity index (χ4n) is 4.96. The number of rotatable bonds is 12. The number of hydrogen-bond acceptors (Lipinski definition) is 5. The molecule has 0 radical (unpaired) electrons. The van der Waals surface area contributed by atoms with Gasteiger partial charge in [0.25, 0.3) is 5.91 Å². The Hall–Kier alpha value is -3.65. The van der Waals surface area contributed by atoms with Gasteiger partial charge in [0.1, 0.15) is 17.6 Å². The van der Waals surface area contributed by atoms with Crippen molar-refractivity contribution in [3.8, 4) is 5.75 Å². The highest BCUT2D eigenvalue weighted by atomic mass is 32.1. The third-order valence-electron chi connectivity index (χ3n) is 6.94. The van der Waals surface area contributed by atoms with Crippen molar-refractivity contribution < 1.29 is 14.3 Å². The number of fused-ring (bicyclic) bond motifs is 1. The maximum Gasteiger partial charge on any atom is 0.252 e. The van der Waals surface area contributed by atoms with Crippen molar-refractivity contribution >= 4 is 39.9 Å². The average molecular weight is 547 g/mol. The number of methoxy groups -OCH3 is 1. The van der Waals surface area contributed by atoms with E-state index in [1.165, 1.54) is 4.88 Å². The van der Waals surface area contributed by atoms with E-state index in [1.54, 1.807) is 30.6 Å². The summed E-state index contributed by atoms with van der Waals surface area (Å²) >= 11 is 1.73. The molecule has 0 unspecified atom stereocenters. The molecule has 0 aliphatic rings. The highest BCUT2D eigenvalue weighted by Crippen LogP contribution is 2.29. The zero-order valence-electron chi connectivity index (χ0n) is 23.4. The molecule has 39 heavy (non-hydrogen) atoms. The van der Waals surface area contributed by atoms with Crippen LogP contribution in [0.3, 0.4) is 0 Å². The molecular weight excluding hydrogens is 508 g/mol. The lowest BCUT2D eigenvalue weighted by Gasteiger charge is -2.21. The number of carbonyl (C=O) groups excluding carboxylic acids is 2. The van der Waals surface area contributed by atoms with E-state index < -0.39 is 6.04 Å². The van der Waals surface area contributed by atoms with Crippen molar-refractivity contribution in [1.82, 2.24) is 14.9 Å². The largest absolute Gasteiger partial charge is 0.495 e. The summed E-state index contributed by atoms with van der Waals surface area (Å²) in [4.78, 5) is 32.9. The van der Waals surface area contributed by atoms with Gasteiger partial charge < -0.3 is 19.9 Å². The Labute approximate surface area is 234 Å². The molecule has 8 heteroatoms. The summed E-state index contributed by atoms with van der Waals surface area (Å²) < 4.78 is 7.70. The number of imidazole rings is 1. The third kappa shape index (κ3) is 6.68.